The molecule has 1 unspecified atom stereocenters. The van der Waals surface area contributed by atoms with Crippen LogP contribution in [0.4, 0.5) is 5.69 Å². The number of aromatic amines is 1. The molecule has 1 aromatic carbocycles. The molecule has 0 radical (unpaired) electrons. The molecule has 1 aromatic heterocycles. The molecule has 2 aromatic rings. The minimum absolute atomic E-state index is 0.365. The van der Waals surface area contributed by atoms with E-state index < -0.39 is 17.9 Å². The number of carbonyl (C=O) groups excluding carboxylic acids is 1. The Bertz CT molecular complexity index is 747. The molecule has 1 atom stereocenters. The van der Waals surface area contributed by atoms with Crippen LogP contribution in [0.1, 0.15) is 33.4 Å². The maximum absolute atomic E-state index is 12.6. The Morgan fingerprint density at radius 2 is 2.08 bits per heavy atom. The van der Waals surface area contributed by atoms with Crippen LogP contribution in [0.25, 0.3) is 0 Å². The summed E-state index contributed by atoms with van der Waals surface area (Å²) in [6.07, 6.45) is 1.67. The third kappa shape index (κ3) is 3.62. The predicted octanol–water partition coefficient (Wildman–Crippen LogP) is 2.18. The van der Waals surface area contributed by atoms with Crippen molar-refractivity contribution >= 4 is 17.6 Å². The number of carbonyl (C=O) groups is 2. The first kappa shape index (κ1) is 17.3. The molecule has 2 rings (SSSR count). The molecule has 7 nitrogen and oxygen atoms in total. The summed E-state index contributed by atoms with van der Waals surface area (Å²) >= 11 is 0. The van der Waals surface area contributed by atoms with Crippen molar-refractivity contribution in [1.82, 2.24) is 15.5 Å². The molecule has 0 spiro atoms. The van der Waals surface area contributed by atoms with Gasteiger partial charge in [0.15, 0.2) is 6.04 Å². The van der Waals surface area contributed by atoms with Crippen molar-refractivity contribution in [2.45, 2.75) is 19.9 Å². The predicted molar refractivity (Wildman–Crippen MR) is 91.0 cm³/mol. The van der Waals surface area contributed by atoms with Gasteiger partial charge in [0.2, 0.25) is 0 Å². The summed E-state index contributed by atoms with van der Waals surface area (Å²) < 4.78 is 0. The zero-order valence-corrected chi connectivity index (χ0v) is 13.6. The van der Waals surface area contributed by atoms with Gasteiger partial charge in [0.05, 0.1) is 11.3 Å². The van der Waals surface area contributed by atoms with E-state index in [4.69, 9.17) is 0 Å². The molecule has 7 heteroatoms. The van der Waals surface area contributed by atoms with E-state index in [1.807, 2.05) is 0 Å². The van der Waals surface area contributed by atoms with Crippen molar-refractivity contribution in [2.75, 3.05) is 11.9 Å². The number of benzene rings is 1. The van der Waals surface area contributed by atoms with Gasteiger partial charge in [-0.15, -0.1) is 6.58 Å². The minimum Gasteiger partial charge on any atom is -0.479 e. The Hall–Kier alpha value is -3.09. The highest BCUT2D eigenvalue weighted by molar-refractivity contribution is 6.01. The topological polar surface area (TPSA) is 107 Å². The fourth-order valence-corrected chi connectivity index (χ4v) is 2.47. The SMILES string of the molecule is C=CCNc1ccccc1C(=O)NC(C(=O)O)c1c(C)n[nH]c1C. The normalized spacial score (nSPS) is 11.6. The van der Waals surface area contributed by atoms with Crippen molar-refractivity contribution in [1.29, 1.82) is 0 Å². The van der Waals surface area contributed by atoms with Gasteiger partial charge >= 0.3 is 5.97 Å². The van der Waals surface area contributed by atoms with E-state index in [1.54, 1.807) is 44.2 Å². The van der Waals surface area contributed by atoms with Crippen LogP contribution >= 0.6 is 0 Å². The second kappa shape index (κ2) is 7.45. The summed E-state index contributed by atoms with van der Waals surface area (Å²) in [5.41, 5.74) is 2.59. The van der Waals surface area contributed by atoms with Crippen LogP contribution in [-0.4, -0.2) is 33.7 Å². The van der Waals surface area contributed by atoms with Gasteiger partial charge in [-0.05, 0) is 26.0 Å². The number of nitrogens with zero attached hydrogens (tertiary/aromatic N) is 1. The first-order chi connectivity index (χ1) is 11.5. The van der Waals surface area contributed by atoms with E-state index in [1.165, 1.54) is 0 Å². The van der Waals surface area contributed by atoms with Gasteiger partial charge in [-0.1, -0.05) is 18.2 Å². The first-order valence-corrected chi connectivity index (χ1v) is 7.44. The van der Waals surface area contributed by atoms with Crippen molar-refractivity contribution in [3.8, 4) is 0 Å². The van der Waals surface area contributed by atoms with Crippen LogP contribution in [0, 0.1) is 13.8 Å². The lowest BCUT2D eigenvalue weighted by Crippen LogP contribution is -2.34. The summed E-state index contributed by atoms with van der Waals surface area (Å²) in [5, 5.41) is 21.9. The number of hydrogen-bond acceptors (Lipinski definition) is 4. The van der Waals surface area contributed by atoms with Gasteiger partial charge in [-0.2, -0.15) is 5.10 Å². The molecule has 0 bridgehead atoms. The standard InChI is InChI=1S/C17H20N4O3/c1-4-9-18-13-8-6-5-7-12(13)16(22)19-15(17(23)24)14-10(2)20-21-11(14)3/h4-8,15,18H,1,9H2,2-3H3,(H,19,22)(H,20,21)(H,23,24). The number of aromatic nitrogens is 2. The van der Waals surface area contributed by atoms with Crippen LogP contribution in [0.5, 0.6) is 0 Å². The van der Waals surface area contributed by atoms with E-state index in [2.05, 4.69) is 27.4 Å². The Kier molecular flexibility index (Phi) is 5.36. The van der Waals surface area contributed by atoms with Crippen LogP contribution in [0.2, 0.25) is 0 Å². The Morgan fingerprint density at radius 3 is 2.67 bits per heavy atom. The summed E-state index contributed by atoms with van der Waals surface area (Å²) in [7, 11) is 0. The average molecular weight is 328 g/mol. The lowest BCUT2D eigenvalue weighted by atomic mass is 10.0. The van der Waals surface area contributed by atoms with Crippen LogP contribution < -0.4 is 10.6 Å². The number of amides is 1. The lowest BCUT2D eigenvalue weighted by Gasteiger charge is -2.17. The number of anilines is 1. The third-order valence-corrected chi connectivity index (χ3v) is 3.60. The smallest absolute Gasteiger partial charge is 0.331 e. The zero-order valence-electron chi connectivity index (χ0n) is 13.6. The second-order valence-corrected chi connectivity index (χ2v) is 5.31. The van der Waals surface area contributed by atoms with Gasteiger partial charge in [0.1, 0.15) is 0 Å². The molecule has 0 aliphatic heterocycles. The maximum atomic E-state index is 12.6. The van der Waals surface area contributed by atoms with Crippen molar-refractivity contribution in [3.05, 3.63) is 59.4 Å². The molecule has 0 saturated heterocycles. The molecule has 4 N–H and O–H groups in total. The summed E-state index contributed by atoms with van der Waals surface area (Å²) in [4.78, 5) is 24.2. The second-order valence-electron chi connectivity index (χ2n) is 5.31. The Labute approximate surface area is 139 Å². The molecule has 1 heterocycles. The van der Waals surface area contributed by atoms with Crippen LogP contribution in [0.3, 0.4) is 0 Å². The highest BCUT2D eigenvalue weighted by Crippen LogP contribution is 2.22. The van der Waals surface area contributed by atoms with Gasteiger partial charge in [0.25, 0.3) is 5.91 Å². The summed E-state index contributed by atoms with van der Waals surface area (Å²) in [5.74, 6) is -1.62. The minimum atomic E-state index is -1.18. The number of para-hydroxylation sites is 1. The molecule has 126 valence electrons. The Balaban J connectivity index is 2.30. The molecule has 0 aliphatic carbocycles. The number of H-pyrrole nitrogens is 1. The summed E-state index contributed by atoms with van der Waals surface area (Å²) in [6, 6.07) is 5.72. The van der Waals surface area contributed by atoms with Gasteiger partial charge in [-0.25, -0.2) is 4.79 Å². The number of aliphatic carboxylic acids is 1. The first-order valence-electron chi connectivity index (χ1n) is 7.44. The fourth-order valence-electron chi connectivity index (χ4n) is 2.47. The van der Waals surface area contributed by atoms with E-state index in [0.29, 0.717) is 34.7 Å². The average Bonchev–Trinajstić information content (AvgIpc) is 2.89. The number of carboxylic acid groups (broad SMARTS) is 1. The van der Waals surface area contributed by atoms with E-state index >= 15 is 0 Å². The monoisotopic (exact) mass is 328 g/mol. The molecular formula is C17H20N4O3. The fraction of sp³-hybridized carbons (Fsp3) is 0.235. The highest BCUT2D eigenvalue weighted by atomic mass is 16.4. The molecular weight excluding hydrogens is 308 g/mol. The van der Waals surface area contributed by atoms with Crippen molar-refractivity contribution in [3.63, 3.8) is 0 Å². The van der Waals surface area contributed by atoms with Crippen LogP contribution in [0.15, 0.2) is 36.9 Å². The Morgan fingerprint density at radius 1 is 1.38 bits per heavy atom. The largest absolute Gasteiger partial charge is 0.479 e. The number of hydrogen-bond donors (Lipinski definition) is 4. The third-order valence-electron chi connectivity index (χ3n) is 3.60. The zero-order chi connectivity index (χ0) is 17.7. The molecule has 0 fully saturated rings. The van der Waals surface area contributed by atoms with Crippen molar-refractivity contribution < 1.29 is 14.7 Å². The maximum Gasteiger partial charge on any atom is 0.331 e. The van der Waals surface area contributed by atoms with Gasteiger partial charge in [-0.3, -0.25) is 9.89 Å². The highest BCUT2D eigenvalue weighted by Gasteiger charge is 2.28. The lowest BCUT2D eigenvalue weighted by molar-refractivity contribution is -0.139. The van der Waals surface area contributed by atoms with E-state index in [0.717, 1.165) is 0 Å². The summed E-state index contributed by atoms with van der Waals surface area (Å²) in [6.45, 7) is 7.53. The van der Waals surface area contributed by atoms with Crippen molar-refractivity contribution in [2.24, 2.45) is 0 Å². The van der Waals surface area contributed by atoms with Crippen LogP contribution in [-0.2, 0) is 4.79 Å². The number of rotatable bonds is 7. The quantitative estimate of drug-likeness (QED) is 0.583. The van der Waals surface area contributed by atoms with E-state index in [-0.39, 0.29) is 0 Å². The number of carboxylic acids is 1. The molecule has 1 amide bonds. The molecule has 0 saturated carbocycles. The molecule has 24 heavy (non-hydrogen) atoms. The number of nitrogens with one attached hydrogen (secondary N) is 3. The van der Waals surface area contributed by atoms with E-state index in [9.17, 15) is 14.7 Å². The molecule has 0 aliphatic rings. The number of aryl methyl sites for hydroxylation is 2. The van der Waals surface area contributed by atoms with Gasteiger partial charge < -0.3 is 15.7 Å². The van der Waals surface area contributed by atoms with Gasteiger partial charge in [0, 0.05) is 23.5 Å².